The summed E-state index contributed by atoms with van der Waals surface area (Å²) in [5.41, 5.74) is 4.86. The summed E-state index contributed by atoms with van der Waals surface area (Å²) in [7, 11) is 1.71. The molecule has 8 heteroatoms. The molecule has 0 spiro atoms. The first-order chi connectivity index (χ1) is 17.4. The van der Waals surface area contributed by atoms with Crippen LogP contribution >= 0.6 is 0 Å². The average molecular weight is 496 g/mol. The Labute approximate surface area is 213 Å². The van der Waals surface area contributed by atoms with Crippen molar-refractivity contribution >= 4 is 5.82 Å². The predicted molar refractivity (Wildman–Crippen MR) is 141 cm³/mol. The number of piperazine rings is 1. The van der Waals surface area contributed by atoms with Crippen LogP contribution in [0.2, 0.25) is 0 Å². The number of phenolic OH excluding ortho intramolecular Hbond substituents is 1. The van der Waals surface area contributed by atoms with Crippen LogP contribution in [-0.2, 0) is 17.8 Å². The van der Waals surface area contributed by atoms with E-state index in [1.807, 2.05) is 30.7 Å². The van der Waals surface area contributed by atoms with Gasteiger partial charge >= 0.3 is 0 Å². The monoisotopic (exact) mass is 495 g/mol. The molecule has 0 aliphatic carbocycles. The number of aromatic hydroxyl groups is 1. The van der Waals surface area contributed by atoms with Crippen LogP contribution in [0.25, 0.3) is 5.69 Å². The molecule has 1 saturated heterocycles. The molecule has 1 aliphatic heterocycles. The zero-order valence-corrected chi connectivity index (χ0v) is 21.9. The molecule has 1 aliphatic rings. The van der Waals surface area contributed by atoms with Crippen molar-refractivity contribution in [1.82, 2.24) is 19.6 Å². The van der Waals surface area contributed by atoms with Gasteiger partial charge in [-0.05, 0) is 56.3 Å². The maximum absolute atomic E-state index is 13.7. The molecule has 0 bridgehead atoms. The smallest absolute Gasteiger partial charge is 0.137 e. The first-order valence-electron chi connectivity index (χ1n) is 12.7. The van der Waals surface area contributed by atoms with Crippen LogP contribution in [-0.4, -0.2) is 77.7 Å². The van der Waals surface area contributed by atoms with E-state index in [0.29, 0.717) is 32.0 Å². The van der Waals surface area contributed by atoms with E-state index < -0.39 is 0 Å². The highest BCUT2D eigenvalue weighted by Crippen LogP contribution is 2.31. The maximum Gasteiger partial charge on any atom is 0.137 e. The van der Waals surface area contributed by atoms with Crippen LogP contribution in [0.4, 0.5) is 10.2 Å². The molecule has 2 heterocycles. The minimum atomic E-state index is -0.260. The van der Waals surface area contributed by atoms with E-state index in [1.165, 1.54) is 12.1 Å². The molecule has 0 saturated carbocycles. The highest BCUT2D eigenvalue weighted by molar-refractivity contribution is 5.56. The number of likely N-dealkylation sites (N-methyl/N-ethyl adjacent to an activating group) is 1. The number of aryl methyl sites for hydroxylation is 2. The second kappa shape index (κ2) is 11.9. The number of anilines is 1. The van der Waals surface area contributed by atoms with Crippen LogP contribution in [0.5, 0.6) is 5.75 Å². The fraction of sp³-hybridized carbons (Fsp3) is 0.464. The number of benzene rings is 2. The average Bonchev–Trinajstić information content (AvgIpc) is 3.20. The lowest BCUT2D eigenvalue weighted by atomic mass is 10.1. The number of aromatic nitrogens is 2. The number of ether oxygens (including phenoxy) is 1. The van der Waals surface area contributed by atoms with Gasteiger partial charge in [0, 0.05) is 64.0 Å². The van der Waals surface area contributed by atoms with Crippen molar-refractivity contribution in [3.05, 3.63) is 70.7 Å². The standard InChI is InChI=1S/C28H38FN5O2/c1-5-31-12-14-33(15-13-31)28-26(22(3)30-34(28)25-10-8-24(29)9-11-25)20-32(16-17-36-4)19-23-7-6-21(2)18-27(23)35/h6-11,18,35H,5,12-17,19-20H2,1-4H3. The molecule has 1 aromatic heterocycles. The van der Waals surface area contributed by atoms with Crippen LogP contribution in [0.1, 0.15) is 29.3 Å². The summed E-state index contributed by atoms with van der Waals surface area (Å²) in [5, 5.41) is 15.5. The van der Waals surface area contributed by atoms with E-state index in [1.54, 1.807) is 25.3 Å². The number of nitrogens with zero attached hydrogens (tertiary/aromatic N) is 5. The maximum atomic E-state index is 13.7. The molecule has 7 nitrogen and oxygen atoms in total. The Morgan fingerprint density at radius 2 is 1.75 bits per heavy atom. The summed E-state index contributed by atoms with van der Waals surface area (Å²) < 4.78 is 21.1. The van der Waals surface area contributed by atoms with Crippen molar-refractivity contribution in [3.63, 3.8) is 0 Å². The SMILES string of the molecule is CCN1CCN(c2c(CN(CCOC)Cc3ccc(C)cc3O)c(C)nn2-c2ccc(F)cc2)CC1. The van der Waals surface area contributed by atoms with E-state index in [-0.39, 0.29) is 5.82 Å². The molecule has 4 rings (SSSR count). The Morgan fingerprint density at radius 3 is 2.39 bits per heavy atom. The zero-order valence-electron chi connectivity index (χ0n) is 21.9. The fourth-order valence-corrected chi connectivity index (χ4v) is 4.80. The lowest BCUT2D eigenvalue weighted by Gasteiger charge is -2.36. The minimum absolute atomic E-state index is 0.260. The van der Waals surface area contributed by atoms with Crippen molar-refractivity contribution in [1.29, 1.82) is 0 Å². The Balaban J connectivity index is 1.70. The molecule has 1 fully saturated rings. The summed E-state index contributed by atoms with van der Waals surface area (Å²) >= 11 is 0. The van der Waals surface area contributed by atoms with Crippen LogP contribution in [0.3, 0.4) is 0 Å². The van der Waals surface area contributed by atoms with Crippen molar-refractivity contribution in [2.75, 3.05) is 57.9 Å². The summed E-state index contributed by atoms with van der Waals surface area (Å²) in [6, 6.07) is 12.4. The van der Waals surface area contributed by atoms with Gasteiger partial charge in [0.15, 0.2) is 0 Å². The Hall–Kier alpha value is -2.94. The zero-order chi connectivity index (χ0) is 25.7. The number of rotatable bonds is 10. The Bertz CT molecular complexity index is 1140. The minimum Gasteiger partial charge on any atom is -0.508 e. The molecule has 0 amide bonds. The van der Waals surface area contributed by atoms with Crippen molar-refractivity contribution in [2.24, 2.45) is 0 Å². The molecule has 2 aromatic carbocycles. The van der Waals surface area contributed by atoms with Crippen LogP contribution in [0.15, 0.2) is 42.5 Å². The van der Waals surface area contributed by atoms with Gasteiger partial charge in [0.25, 0.3) is 0 Å². The quantitative estimate of drug-likeness (QED) is 0.457. The highest BCUT2D eigenvalue weighted by Gasteiger charge is 2.26. The second-order valence-corrected chi connectivity index (χ2v) is 9.53. The van der Waals surface area contributed by atoms with E-state index in [9.17, 15) is 9.50 Å². The van der Waals surface area contributed by atoms with Gasteiger partial charge in [-0.2, -0.15) is 5.10 Å². The Morgan fingerprint density at radius 1 is 1.03 bits per heavy atom. The molecular weight excluding hydrogens is 457 g/mol. The number of phenols is 1. The molecule has 0 unspecified atom stereocenters. The van der Waals surface area contributed by atoms with Gasteiger partial charge in [-0.25, -0.2) is 9.07 Å². The second-order valence-electron chi connectivity index (χ2n) is 9.53. The van der Waals surface area contributed by atoms with E-state index >= 15 is 0 Å². The van der Waals surface area contributed by atoms with Crippen LogP contribution < -0.4 is 4.90 Å². The topological polar surface area (TPSA) is 57.0 Å². The number of hydrogen-bond acceptors (Lipinski definition) is 6. The first-order valence-corrected chi connectivity index (χ1v) is 12.7. The molecule has 194 valence electrons. The van der Waals surface area contributed by atoms with Crippen molar-refractivity contribution in [3.8, 4) is 11.4 Å². The summed E-state index contributed by atoms with van der Waals surface area (Å²) in [6.07, 6.45) is 0. The summed E-state index contributed by atoms with van der Waals surface area (Å²) in [6.45, 7) is 13.6. The van der Waals surface area contributed by atoms with Gasteiger partial charge in [0.2, 0.25) is 0 Å². The predicted octanol–water partition coefficient (Wildman–Crippen LogP) is 4.12. The number of hydrogen-bond donors (Lipinski definition) is 1. The third-order valence-corrected chi connectivity index (χ3v) is 6.98. The fourth-order valence-electron chi connectivity index (χ4n) is 4.80. The first kappa shape index (κ1) is 26.1. The van der Waals surface area contributed by atoms with E-state index in [0.717, 1.165) is 66.6 Å². The van der Waals surface area contributed by atoms with Gasteiger partial charge in [0.1, 0.15) is 17.4 Å². The van der Waals surface area contributed by atoms with Crippen LogP contribution in [0, 0.1) is 19.7 Å². The lowest BCUT2D eigenvalue weighted by Crippen LogP contribution is -2.47. The third kappa shape index (κ3) is 6.06. The molecule has 1 N–H and O–H groups in total. The Kier molecular flexibility index (Phi) is 8.61. The van der Waals surface area contributed by atoms with Crippen molar-refractivity contribution in [2.45, 2.75) is 33.9 Å². The molecule has 0 radical (unpaired) electrons. The molecule has 36 heavy (non-hydrogen) atoms. The van der Waals surface area contributed by atoms with Crippen molar-refractivity contribution < 1.29 is 14.2 Å². The molecule has 3 aromatic rings. The van der Waals surface area contributed by atoms with Gasteiger partial charge < -0.3 is 19.6 Å². The van der Waals surface area contributed by atoms with Gasteiger partial charge in [-0.3, -0.25) is 4.90 Å². The lowest BCUT2D eigenvalue weighted by molar-refractivity contribution is 0.139. The van der Waals surface area contributed by atoms with Gasteiger partial charge in [-0.1, -0.05) is 19.1 Å². The van der Waals surface area contributed by atoms with E-state index in [2.05, 4.69) is 21.6 Å². The molecular formula is C28H38FN5O2. The summed E-state index contributed by atoms with van der Waals surface area (Å²) in [4.78, 5) is 7.15. The molecule has 0 atom stereocenters. The number of halogens is 1. The van der Waals surface area contributed by atoms with Gasteiger partial charge in [-0.15, -0.1) is 0 Å². The highest BCUT2D eigenvalue weighted by atomic mass is 19.1. The third-order valence-electron chi connectivity index (χ3n) is 6.98. The number of methoxy groups -OCH3 is 1. The van der Waals surface area contributed by atoms with Gasteiger partial charge in [0.05, 0.1) is 18.0 Å². The van der Waals surface area contributed by atoms with E-state index in [4.69, 9.17) is 9.84 Å². The normalized spacial score (nSPS) is 14.7. The largest absolute Gasteiger partial charge is 0.508 e. The summed E-state index contributed by atoms with van der Waals surface area (Å²) in [5.74, 6) is 1.11.